The van der Waals surface area contributed by atoms with Gasteiger partial charge in [0.15, 0.2) is 5.82 Å². The second-order valence-electron chi connectivity index (χ2n) is 4.06. The van der Waals surface area contributed by atoms with Crippen LogP contribution in [0.1, 0.15) is 15.9 Å². The second-order valence-corrected chi connectivity index (χ2v) is 4.06. The molecule has 2 aromatic rings. The molecule has 2 rings (SSSR count). The number of alkyl halides is 2. The highest BCUT2D eigenvalue weighted by molar-refractivity contribution is 5.94. The van der Waals surface area contributed by atoms with E-state index in [-0.39, 0.29) is 17.9 Å². The van der Waals surface area contributed by atoms with Gasteiger partial charge in [-0.3, -0.25) is 9.78 Å². The van der Waals surface area contributed by atoms with Crippen molar-refractivity contribution in [1.82, 2.24) is 10.3 Å². The van der Waals surface area contributed by atoms with E-state index in [9.17, 15) is 18.0 Å². The van der Waals surface area contributed by atoms with Crippen molar-refractivity contribution in [2.24, 2.45) is 0 Å². The van der Waals surface area contributed by atoms with E-state index in [1.54, 1.807) is 0 Å². The molecule has 0 aliphatic carbocycles. The SMILES string of the molecule is O=C(NCc1ccc(OC(F)F)cc1)c1ccncc1F. The Morgan fingerprint density at radius 1 is 1.24 bits per heavy atom. The minimum Gasteiger partial charge on any atom is -0.435 e. The molecule has 0 radical (unpaired) electrons. The molecule has 110 valence electrons. The molecule has 1 aromatic heterocycles. The van der Waals surface area contributed by atoms with Crippen molar-refractivity contribution < 1.29 is 22.7 Å². The molecule has 0 saturated carbocycles. The van der Waals surface area contributed by atoms with Crippen molar-refractivity contribution in [3.63, 3.8) is 0 Å². The van der Waals surface area contributed by atoms with Crippen molar-refractivity contribution in [2.45, 2.75) is 13.2 Å². The van der Waals surface area contributed by atoms with Gasteiger partial charge in [-0.15, -0.1) is 0 Å². The number of benzene rings is 1. The number of rotatable bonds is 5. The Morgan fingerprint density at radius 3 is 2.57 bits per heavy atom. The summed E-state index contributed by atoms with van der Waals surface area (Å²) in [4.78, 5) is 15.3. The van der Waals surface area contributed by atoms with Crippen LogP contribution in [0, 0.1) is 5.82 Å². The molecule has 21 heavy (non-hydrogen) atoms. The number of carbonyl (C=O) groups excluding carboxylic acids is 1. The third-order valence-corrected chi connectivity index (χ3v) is 2.62. The first-order valence-electron chi connectivity index (χ1n) is 5.97. The van der Waals surface area contributed by atoms with Crippen molar-refractivity contribution in [2.75, 3.05) is 0 Å². The van der Waals surface area contributed by atoms with E-state index in [4.69, 9.17) is 0 Å². The van der Waals surface area contributed by atoms with Crippen molar-refractivity contribution >= 4 is 5.91 Å². The van der Waals surface area contributed by atoms with Gasteiger partial charge in [-0.2, -0.15) is 8.78 Å². The molecule has 0 aliphatic heterocycles. The predicted molar refractivity (Wildman–Crippen MR) is 68.4 cm³/mol. The van der Waals surface area contributed by atoms with E-state index in [0.717, 1.165) is 6.20 Å². The molecule has 0 unspecified atom stereocenters. The lowest BCUT2D eigenvalue weighted by atomic mass is 10.2. The maximum Gasteiger partial charge on any atom is 0.387 e. The number of pyridine rings is 1. The summed E-state index contributed by atoms with van der Waals surface area (Å²) in [5.41, 5.74) is 0.557. The fraction of sp³-hybridized carbons (Fsp3) is 0.143. The number of nitrogens with zero attached hydrogens (tertiary/aromatic N) is 1. The van der Waals surface area contributed by atoms with Gasteiger partial charge in [0.05, 0.1) is 11.8 Å². The Labute approximate surface area is 118 Å². The number of nitrogens with one attached hydrogen (secondary N) is 1. The van der Waals surface area contributed by atoms with Crippen LogP contribution in [0.15, 0.2) is 42.7 Å². The average Bonchev–Trinajstić information content (AvgIpc) is 2.46. The molecule has 1 amide bonds. The van der Waals surface area contributed by atoms with Gasteiger partial charge >= 0.3 is 6.61 Å². The zero-order chi connectivity index (χ0) is 15.2. The molecule has 0 spiro atoms. The lowest BCUT2D eigenvalue weighted by molar-refractivity contribution is -0.0498. The number of hydrogen-bond acceptors (Lipinski definition) is 3. The van der Waals surface area contributed by atoms with Crippen LogP contribution in [0.5, 0.6) is 5.75 Å². The average molecular weight is 296 g/mol. The summed E-state index contributed by atoms with van der Waals surface area (Å²) >= 11 is 0. The summed E-state index contributed by atoms with van der Waals surface area (Å²) in [7, 11) is 0. The van der Waals surface area contributed by atoms with Crippen LogP contribution in [0.4, 0.5) is 13.2 Å². The first-order chi connectivity index (χ1) is 10.1. The van der Waals surface area contributed by atoms with Crippen LogP contribution in [0.2, 0.25) is 0 Å². The largest absolute Gasteiger partial charge is 0.435 e. The van der Waals surface area contributed by atoms with E-state index >= 15 is 0 Å². The van der Waals surface area contributed by atoms with Gasteiger partial charge < -0.3 is 10.1 Å². The molecule has 4 nitrogen and oxygen atoms in total. The number of amides is 1. The molecule has 7 heteroatoms. The van der Waals surface area contributed by atoms with Crippen molar-refractivity contribution in [1.29, 1.82) is 0 Å². The summed E-state index contributed by atoms with van der Waals surface area (Å²) in [6, 6.07) is 7.05. The predicted octanol–water partition coefficient (Wildman–Crippen LogP) is 2.75. The molecular formula is C14H11F3N2O2. The Hall–Kier alpha value is -2.57. The molecule has 0 atom stereocenters. The number of aromatic nitrogens is 1. The van der Waals surface area contributed by atoms with E-state index in [1.165, 1.54) is 36.5 Å². The Kier molecular flexibility index (Phi) is 4.76. The molecular weight excluding hydrogens is 285 g/mol. The minimum absolute atomic E-state index is 0.0280. The van der Waals surface area contributed by atoms with Crippen LogP contribution in [0.3, 0.4) is 0 Å². The molecule has 0 saturated heterocycles. The standard InChI is InChI=1S/C14H11F3N2O2/c15-12-8-18-6-5-11(12)13(20)19-7-9-1-3-10(4-2-9)21-14(16)17/h1-6,8,14H,7H2,(H,19,20). The summed E-state index contributed by atoms with van der Waals surface area (Å²) in [6.45, 7) is -2.75. The lowest BCUT2D eigenvalue weighted by Crippen LogP contribution is -2.23. The van der Waals surface area contributed by atoms with Crippen LogP contribution in [0.25, 0.3) is 0 Å². The van der Waals surface area contributed by atoms with Gasteiger partial charge in [0, 0.05) is 12.7 Å². The third kappa shape index (κ3) is 4.20. The summed E-state index contributed by atoms with van der Waals surface area (Å²) < 4.78 is 41.5. The fourth-order valence-corrected chi connectivity index (χ4v) is 1.63. The first kappa shape index (κ1) is 14.8. The van der Waals surface area contributed by atoms with E-state index in [1.807, 2.05) is 0 Å². The maximum atomic E-state index is 13.3. The van der Waals surface area contributed by atoms with Crippen molar-refractivity contribution in [3.05, 3.63) is 59.7 Å². The highest BCUT2D eigenvalue weighted by atomic mass is 19.3. The smallest absolute Gasteiger partial charge is 0.387 e. The minimum atomic E-state index is -2.88. The summed E-state index contributed by atoms with van der Waals surface area (Å²) in [5, 5.41) is 2.52. The molecule has 0 bridgehead atoms. The third-order valence-electron chi connectivity index (χ3n) is 2.62. The zero-order valence-electron chi connectivity index (χ0n) is 10.7. The first-order valence-corrected chi connectivity index (χ1v) is 5.97. The van der Waals surface area contributed by atoms with Crippen LogP contribution in [-0.4, -0.2) is 17.5 Å². The second kappa shape index (κ2) is 6.74. The molecule has 1 N–H and O–H groups in total. The quantitative estimate of drug-likeness (QED) is 0.923. The molecule has 0 aliphatic rings. The molecule has 1 aromatic carbocycles. The van der Waals surface area contributed by atoms with Crippen LogP contribution < -0.4 is 10.1 Å². The highest BCUT2D eigenvalue weighted by Crippen LogP contribution is 2.15. The fourth-order valence-electron chi connectivity index (χ4n) is 1.63. The summed E-state index contributed by atoms with van der Waals surface area (Å²) in [5.74, 6) is -1.27. The Bertz CT molecular complexity index is 618. The van der Waals surface area contributed by atoms with E-state index < -0.39 is 18.3 Å². The van der Waals surface area contributed by atoms with Gasteiger partial charge in [-0.1, -0.05) is 12.1 Å². The van der Waals surface area contributed by atoms with E-state index in [0.29, 0.717) is 5.56 Å². The number of halogens is 3. The maximum absolute atomic E-state index is 13.3. The number of hydrogen-bond donors (Lipinski definition) is 1. The van der Waals surface area contributed by atoms with Gasteiger partial charge in [0.2, 0.25) is 0 Å². The highest BCUT2D eigenvalue weighted by Gasteiger charge is 2.10. The Balaban J connectivity index is 1.94. The van der Waals surface area contributed by atoms with Crippen molar-refractivity contribution in [3.8, 4) is 5.75 Å². The Morgan fingerprint density at radius 2 is 1.95 bits per heavy atom. The van der Waals surface area contributed by atoms with Gasteiger partial charge in [-0.25, -0.2) is 4.39 Å². The van der Waals surface area contributed by atoms with Gasteiger partial charge in [0.1, 0.15) is 5.75 Å². The number of carbonyl (C=O) groups is 1. The lowest BCUT2D eigenvalue weighted by Gasteiger charge is -2.07. The van der Waals surface area contributed by atoms with Gasteiger partial charge in [-0.05, 0) is 23.8 Å². The van der Waals surface area contributed by atoms with E-state index in [2.05, 4.69) is 15.0 Å². The van der Waals surface area contributed by atoms with Crippen LogP contribution in [-0.2, 0) is 6.54 Å². The normalized spacial score (nSPS) is 10.5. The number of ether oxygens (including phenoxy) is 1. The topological polar surface area (TPSA) is 51.2 Å². The monoisotopic (exact) mass is 296 g/mol. The molecule has 1 heterocycles. The molecule has 0 fully saturated rings. The van der Waals surface area contributed by atoms with Crippen LogP contribution >= 0.6 is 0 Å². The zero-order valence-corrected chi connectivity index (χ0v) is 10.7. The summed E-state index contributed by atoms with van der Waals surface area (Å²) in [6.07, 6.45) is 2.26. The van der Waals surface area contributed by atoms with Gasteiger partial charge in [0.25, 0.3) is 5.91 Å².